The number of benzene rings is 3. The summed E-state index contributed by atoms with van der Waals surface area (Å²) in [5, 5.41) is 21.1. The van der Waals surface area contributed by atoms with Crippen molar-refractivity contribution < 1.29 is 28.9 Å². The number of carbonyl (C=O) groups is 2. The number of unbranched alkanes of at least 4 members (excludes halogenated alkanes) is 1. The SMILES string of the molecule is CCCCOc1ccc(C(O)=C2C(=O)C(=O)N(c3nnc(SCc4ccccc4Cl)s3)[C@@H]2c2ccc(OCCC(C)C)c(OC)c2)cc1. The number of halogens is 1. The molecule has 0 spiro atoms. The van der Waals surface area contributed by atoms with Gasteiger partial charge < -0.3 is 19.3 Å². The molecule has 1 saturated heterocycles. The third-order valence-electron chi connectivity index (χ3n) is 7.71. The number of aromatic nitrogens is 2. The molecule has 1 aliphatic heterocycles. The first-order valence-corrected chi connectivity index (χ1v) is 17.9. The number of ketones is 1. The lowest BCUT2D eigenvalue weighted by atomic mass is 9.95. The van der Waals surface area contributed by atoms with Crippen LogP contribution < -0.4 is 19.1 Å². The van der Waals surface area contributed by atoms with E-state index in [9.17, 15) is 14.7 Å². The second-order valence-electron chi connectivity index (χ2n) is 11.6. The standard InChI is InChI=1S/C36H38ClN3O6S2/c1-5-6-18-45-26-14-11-23(12-15-26)32(41)30-31(24-13-16-28(29(20-24)44-4)46-19-17-22(2)3)40(34(43)33(30)42)35-38-39-36(48-35)47-21-25-9-7-8-10-27(25)37/h7-16,20,22,31,41H,5-6,17-19,21H2,1-4H3/t31-/m1/s1. The summed E-state index contributed by atoms with van der Waals surface area (Å²) in [4.78, 5) is 28.8. The Hall–Kier alpha value is -4.06. The van der Waals surface area contributed by atoms with Crippen molar-refractivity contribution in [3.05, 3.63) is 94.0 Å². The van der Waals surface area contributed by atoms with Crippen LogP contribution in [0.4, 0.5) is 5.13 Å². The number of nitrogens with zero attached hydrogens (tertiary/aromatic N) is 3. The monoisotopic (exact) mass is 707 g/mol. The first kappa shape index (κ1) is 35.3. The number of aliphatic hydroxyl groups excluding tert-OH is 1. The number of hydrogen-bond acceptors (Lipinski definition) is 10. The molecule has 1 N–H and O–H groups in total. The van der Waals surface area contributed by atoms with E-state index in [-0.39, 0.29) is 16.5 Å². The summed E-state index contributed by atoms with van der Waals surface area (Å²) in [6.45, 7) is 7.40. The number of Topliss-reactive ketones (excluding diaryl/α,β-unsaturated/α-hetero) is 1. The van der Waals surface area contributed by atoms with E-state index in [2.05, 4.69) is 31.0 Å². The van der Waals surface area contributed by atoms with Crippen LogP contribution in [0.5, 0.6) is 17.2 Å². The van der Waals surface area contributed by atoms with Crippen LogP contribution in [0.15, 0.2) is 76.6 Å². The quantitative estimate of drug-likeness (QED) is 0.0324. The first-order valence-electron chi connectivity index (χ1n) is 15.8. The molecule has 9 nitrogen and oxygen atoms in total. The average molecular weight is 708 g/mol. The zero-order chi connectivity index (χ0) is 34.2. The fourth-order valence-corrected chi connectivity index (χ4v) is 7.19. The van der Waals surface area contributed by atoms with Crippen LogP contribution in [0, 0.1) is 5.92 Å². The van der Waals surface area contributed by atoms with Crippen LogP contribution in [0.2, 0.25) is 5.02 Å². The third-order valence-corrected chi connectivity index (χ3v) is 10.2. The highest BCUT2D eigenvalue weighted by Crippen LogP contribution is 2.46. The predicted octanol–water partition coefficient (Wildman–Crippen LogP) is 8.72. The second kappa shape index (κ2) is 16.4. The van der Waals surface area contributed by atoms with Crippen LogP contribution in [-0.2, 0) is 15.3 Å². The Labute approximate surface area is 293 Å². The molecule has 0 unspecified atom stereocenters. The third kappa shape index (κ3) is 8.14. The Kier molecular flexibility index (Phi) is 12.0. The van der Waals surface area contributed by atoms with E-state index in [1.807, 2.05) is 24.3 Å². The fourth-order valence-electron chi connectivity index (χ4n) is 5.04. The normalized spacial score (nSPS) is 15.7. The van der Waals surface area contributed by atoms with Crippen LogP contribution in [-0.4, -0.2) is 47.3 Å². The van der Waals surface area contributed by atoms with Gasteiger partial charge in [0, 0.05) is 16.3 Å². The van der Waals surface area contributed by atoms with Gasteiger partial charge in [0.2, 0.25) is 5.13 Å². The minimum atomic E-state index is -1.02. The molecule has 3 aromatic carbocycles. The molecule has 1 fully saturated rings. The van der Waals surface area contributed by atoms with E-state index < -0.39 is 17.7 Å². The highest BCUT2D eigenvalue weighted by atomic mass is 35.5. The van der Waals surface area contributed by atoms with E-state index >= 15 is 0 Å². The maximum Gasteiger partial charge on any atom is 0.301 e. The summed E-state index contributed by atoms with van der Waals surface area (Å²) in [5.41, 5.74) is 1.76. The molecule has 0 bridgehead atoms. The van der Waals surface area contributed by atoms with E-state index in [0.29, 0.717) is 62.6 Å². The lowest BCUT2D eigenvalue weighted by Gasteiger charge is -2.23. The van der Waals surface area contributed by atoms with E-state index in [4.69, 9.17) is 25.8 Å². The maximum absolute atomic E-state index is 13.8. The van der Waals surface area contributed by atoms with Gasteiger partial charge in [-0.15, -0.1) is 10.2 Å². The number of amides is 1. The first-order chi connectivity index (χ1) is 23.2. The van der Waals surface area contributed by atoms with Crippen molar-refractivity contribution >= 4 is 57.3 Å². The van der Waals surface area contributed by atoms with Gasteiger partial charge in [0.15, 0.2) is 15.8 Å². The molecule has 0 saturated carbocycles. The summed E-state index contributed by atoms with van der Waals surface area (Å²) in [5.74, 6) is 0.653. The summed E-state index contributed by atoms with van der Waals surface area (Å²) in [6.07, 6.45) is 2.79. The summed E-state index contributed by atoms with van der Waals surface area (Å²) in [6, 6.07) is 18.6. The van der Waals surface area contributed by atoms with Gasteiger partial charge in [0.1, 0.15) is 11.5 Å². The summed E-state index contributed by atoms with van der Waals surface area (Å²) in [7, 11) is 1.53. The Balaban J connectivity index is 1.53. The van der Waals surface area contributed by atoms with Gasteiger partial charge in [-0.05, 0) is 72.4 Å². The van der Waals surface area contributed by atoms with Gasteiger partial charge in [-0.3, -0.25) is 14.5 Å². The molecule has 0 radical (unpaired) electrons. The van der Waals surface area contributed by atoms with Crippen molar-refractivity contribution in [3.63, 3.8) is 0 Å². The van der Waals surface area contributed by atoms with Crippen molar-refractivity contribution in [2.75, 3.05) is 25.2 Å². The van der Waals surface area contributed by atoms with Crippen molar-refractivity contribution in [2.45, 2.75) is 56.2 Å². The largest absolute Gasteiger partial charge is 0.507 e. The molecular formula is C36H38ClN3O6S2. The average Bonchev–Trinajstić information content (AvgIpc) is 3.66. The van der Waals surface area contributed by atoms with Crippen molar-refractivity contribution in [1.29, 1.82) is 0 Å². The molecule has 0 aliphatic carbocycles. The Bertz CT molecular complexity index is 1780. The number of aliphatic hydroxyl groups is 1. The summed E-state index contributed by atoms with van der Waals surface area (Å²) >= 11 is 8.95. The van der Waals surface area contributed by atoms with E-state index in [0.717, 1.165) is 24.8 Å². The molecule has 1 atom stereocenters. The predicted molar refractivity (Wildman–Crippen MR) is 190 cm³/mol. The van der Waals surface area contributed by atoms with Crippen molar-refractivity contribution in [1.82, 2.24) is 10.2 Å². The lowest BCUT2D eigenvalue weighted by molar-refractivity contribution is -0.132. The second-order valence-corrected chi connectivity index (χ2v) is 14.2. The zero-order valence-corrected chi connectivity index (χ0v) is 29.7. The molecule has 1 aliphatic rings. The van der Waals surface area contributed by atoms with Crippen LogP contribution >= 0.6 is 34.7 Å². The molecule has 12 heteroatoms. The van der Waals surface area contributed by atoms with Crippen molar-refractivity contribution in [2.24, 2.45) is 5.92 Å². The molecule has 5 rings (SSSR count). The number of hydrogen-bond donors (Lipinski definition) is 1. The molecular weight excluding hydrogens is 670 g/mol. The van der Waals surface area contributed by atoms with Crippen LogP contribution in [0.1, 0.15) is 62.8 Å². The molecule has 252 valence electrons. The van der Waals surface area contributed by atoms with Gasteiger partial charge in [-0.2, -0.15) is 0 Å². The Morgan fingerprint density at radius 1 is 1.02 bits per heavy atom. The van der Waals surface area contributed by atoms with Crippen LogP contribution in [0.25, 0.3) is 5.76 Å². The molecule has 1 amide bonds. The minimum absolute atomic E-state index is 0.0735. The molecule has 1 aromatic heterocycles. The highest BCUT2D eigenvalue weighted by Gasteiger charge is 2.48. The molecule has 2 heterocycles. The molecule has 48 heavy (non-hydrogen) atoms. The Morgan fingerprint density at radius 2 is 1.79 bits per heavy atom. The van der Waals surface area contributed by atoms with Crippen LogP contribution in [0.3, 0.4) is 0 Å². The van der Waals surface area contributed by atoms with Crippen molar-refractivity contribution in [3.8, 4) is 17.2 Å². The number of anilines is 1. The van der Waals surface area contributed by atoms with Gasteiger partial charge in [0.05, 0.1) is 31.9 Å². The lowest BCUT2D eigenvalue weighted by Crippen LogP contribution is -2.29. The van der Waals surface area contributed by atoms with Gasteiger partial charge in [-0.25, -0.2) is 0 Å². The Morgan fingerprint density at radius 3 is 2.50 bits per heavy atom. The highest BCUT2D eigenvalue weighted by molar-refractivity contribution is 8.00. The smallest absolute Gasteiger partial charge is 0.301 e. The van der Waals surface area contributed by atoms with E-state index in [1.54, 1.807) is 42.5 Å². The molecule has 4 aromatic rings. The number of carbonyl (C=O) groups excluding carboxylic acids is 2. The van der Waals surface area contributed by atoms with E-state index in [1.165, 1.54) is 35.1 Å². The number of methoxy groups -OCH3 is 1. The van der Waals surface area contributed by atoms with Gasteiger partial charge in [-0.1, -0.05) is 86.2 Å². The summed E-state index contributed by atoms with van der Waals surface area (Å²) < 4.78 is 18.0. The fraction of sp³-hybridized carbons (Fsp3) is 0.333. The van der Waals surface area contributed by atoms with Gasteiger partial charge in [0.25, 0.3) is 5.78 Å². The number of thioether (sulfide) groups is 1. The number of rotatable bonds is 15. The maximum atomic E-state index is 13.8. The minimum Gasteiger partial charge on any atom is -0.507 e. The topological polar surface area (TPSA) is 111 Å². The van der Waals surface area contributed by atoms with Gasteiger partial charge >= 0.3 is 5.91 Å². The number of ether oxygens (including phenoxy) is 3. The zero-order valence-electron chi connectivity index (χ0n) is 27.3.